The molecule has 1 nitrogen and oxygen atoms in total. The van der Waals surface area contributed by atoms with Crippen molar-refractivity contribution in [1.29, 1.82) is 0 Å². The molecule has 1 heteroatoms. The molecule has 1 aliphatic rings. The first-order chi connectivity index (χ1) is 10.1. The van der Waals surface area contributed by atoms with Crippen LogP contribution in [0.5, 0.6) is 0 Å². The van der Waals surface area contributed by atoms with Crippen LogP contribution in [0.25, 0.3) is 0 Å². The molecule has 2 aromatic carbocycles. The van der Waals surface area contributed by atoms with E-state index >= 15 is 0 Å². The van der Waals surface area contributed by atoms with Crippen molar-refractivity contribution in [3.05, 3.63) is 65.2 Å². The first-order valence-corrected chi connectivity index (χ1v) is 8.06. The summed E-state index contributed by atoms with van der Waals surface area (Å²) in [7, 11) is 0. The van der Waals surface area contributed by atoms with Crippen molar-refractivity contribution in [3.8, 4) is 0 Å². The van der Waals surface area contributed by atoms with E-state index in [1.165, 1.54) is 22.4 Å². The quantitative estimate of drug-likeness (QED) is 0.826. The Labute approximate surface area is 128 Å². The summed E-state index contributed by atoms with van der Waals surface area (Å²) >= 11 is 0. The zero-order valence-electron chi connectivity index (χ0n) is 13.3. The van der Waals surface area contributed by atoms with Gasteiger partial charge in [-0.1, -0.05) is 63.2 Å². The lowest BCUT2D eigenvalue weighted by atomic mass is 9.76. The Balaban J connectivity index is 1.92. The smallest absolute Gasteiger partial charge is 0.0376 e. The van der Waals surface area contributed by atoms with Crippen molar-refractivity contribution < 1.29 is 0 Å². The lowest BCUT2D eigenvalue weighted by molar-refractivity contribution is 0.368. The Hall–Kier alpha value is -1.76. The fourth-order valence-electron chi connectivity index (χ4n) is 3.71. The molecular formula is C20H25N. The van der Waals surface area contributed by atoms with E-state index < -0.39 is 0 Å². The van der Waals surface area contributed by atoms with Crippen LogP contribution in [0, 0.1) is 11.8 Å². The minimum atomic E-state index is 0.664. The molecule has 0 aromatic heterocycles. The summed E-state index contributed by atoms with van der Waals surface area (Å²) in [6.07, 6.45) is 1.02. The Morgan fingerprint density at radius 1 is 1.05 bits per heavy atom. The maximum atomic E-state index is 3.59. The van der Waals surface area contributed by atoms with E-state index in [4.69, 9.17) is 0 Å². The van der Waals surface area contributed by atoms with Gasteiger partial charge in [0.1, 0.15) is 0 Å². The topological polar surface area (TPSA) is 12.0 Å². The molecule has 1 heterocycles. The van der Waals surface area contributed by atoms with Gasteiger partial charge < -0.3 is 5.32 Å². The van der Waals surface area contributed by atoms with Crippen LogP contribution in [-0.4, -0.2) is 6.54 Å². The van der Waals surface area contributed by atoms with Crippen LogP contribution in [0.3, 0.4) is 0 Å². The molecule has 2 unspecified atom stereocenters. The van der Waals surface area contributed by atoms with Crippen LogP contribution in [0.1, 0.15) is 43.4 Å². The summed E-state index contributed by atoms with van der Waals surface area (Å²) in [6.45, 7) is 8.15. The number of fused-ring (bicyclic) bond motifs is 1. The van der Waals surface area contributed by atoms with Gasteiger partial charge in [-0.3, -0.25) is 0 Å². The second-order valence-corrected chi connectivity index (χ2v) is 6.71. The SMILES string of the molecule is CC(C)C1c2cc(Cc3ccccc3)ccc2NCC1C. The Bertz CT molecular complexity index is 600. The minimum absolute atomic E-state index is 0.664. The molecule has 0 spiro atoms. The predicted octanol–water partition coefficient (Wildman–Crippen LogP) is 5.08. The minimum Gasteiger partial charge on any atom is -0.385 e. The van der Waals surface area contributed by atoms with E-state index in [1.54, 1.807) is 0 Å². The van der Waals surface area contributed by atoms with Gasteiger partial charge in [-0.25, -0.2) is 0 Å². The van der Waals surface area contributed by atoms with Gasteiger partial charge in [0.25, 0.3) is 0 Å². The zero-order chi connectivity index (χ0) is 14.8. The first kappa shape index (κ1) is 14.2. The number of rotatable bonds is 3. The van der Waals surface area contributed by atoms with Gasteiger partial charge in [0.2, 0.25) is 0 Å². The first-order valence-electron chi connectivity index (χ1n) is 8.06. The van der Waals surface area contributed by atoms with Crippen LogP contribution in [0.4, 0.5) is 5.69 Å². The molecule has 3 rings (SSSR count). The molecule has 1 aliphatic heterocycles. The standard InChI is InChI=1S/C20H25N/c1-14(2)20-15(3)13-21-19-10-9-17(12-18(19)20)11-16-7-5-4-6-8-16/h4-10,12,14-15,20-21H,11,13H2,1-3H3. The fourth-order valence-corrected chi connectivity index (χ4v) is 3.71. The fraction of sp³-hybridized carbons (Fsp3) is 0.400. The van der Waals surface area contributed by atoms with Crippen molar-refractivity contribution >= 4 is 5.69 Å². The van der Waals surface area contributed by atoms with E-state index in [9.17, 15) is 0 Å². The van der Waals surface area contributed by atoms with Gasteiger partial charge in [0, 0.05) is 12.2 Å². The average Bonchev–Trinajstić information content (AvgIpc) is 2.47. The van der Waals surface area contributed by atoms with Crippen LogP contribution < -0.4 is 5.32 Å². The lowest BCUT2D eigenvalue weighted by Gasteiger charge is -2.35. The number of benzene rings is 2. The summed E-state index contributed by atoms with van der Waals surface area (Å²) in [5, 5.41) is 3.59. The van der Waals surface area contributed by atoms with Gasteiger partial charge >= 0.3 is 0 Å². The zero-order valence-corrected chi connectivity index (χ0v) is 13.3. The molecular weight excluding hydrogens is 254 g/mol. The molecule has 2 aromatic rings. The Kier molecular flexibility index (Phi) is 4.01. The summed E-state index contributed by atoms with van der Waals surface area (Å²) in [4.78, 5) is 0. The summed E-state index contributed by atoms with van der Waals surface area (Å²) in [5.41, 5.74) is 5.65. The van der Waals surface area contributed by atoms with E-state index in [0.29, 0.717) is 17.8 Å². The maximum Gasteiger partial charge on any atom is 0.0376 e. The molecule has 0 bridgehead atoms. The molecule has 0 amide bonds. The molecule has 21 heavy (non-hydrogen) atoms. The molecule has 0 saturated carbocycles. The molecule has 1 N–H and O–H groups in total. The van der Waals surface area contributed by atoms with Crippen molar-refractivity contribution in [2.75, 3.05) is 11.9 Å². The highest BCUT2D eigenvalue weighted by molar-refractivity contribution is 5.57. The van der Waals surface area contributed by atoms with E-state index in [2.05, 4.69) is 74.6 Å². The van der Waals surface area contributed by atoms with Gasteiger partial charge in [0.05, 0.1) is 0 Å². The van der Waals surface area contributed by atoms with Gasteiger partial charge in [0.15, 0.2) is 0 Å². The van der Waals surface area contributed by atoms with Crippen molar-refractivity contribution in [1.82, 2.24) is 0 Å². The van der Waals surface area contributed by atoms with E-state index in [1.807, 2.05) is 0 Å². The summed E-state index contributed by atoms with van der Waals surface area (Å²) in [6, 6.07) is 17.7. The number of nitrogens with one attached hydrogen (secondary N) is 1. The molecule has 0 saturated heterocycles. The molecule has 2 atom stereocenters. The van der Waals surface area contributed by atoms with Crippen molar-refractivity contribution in [2.24, 2.45) is 11.8 Å². The highest BCUT2D eigenvalue weighted by Crippen LogP contribution is 2.40. The summed E-state index contributed by atoms with van der Waals surface area (Å²) in [5.74, 6) is 2.05. The van der Waals surface area contributed by atoms with Crippen LogP contribution in [0.15, 0.2) is 48.5 Å². The molecule has 0 radical (unpaired) electrons. The third kappa shape index (κ3) is 2.97. The van der Waals surface area contributed by atoms with Crippen LogP contribution in [0.2, 0.25) is 0 Å². The third-order valence-electron chi connectivity index (χ3n) is 4.67. The monoisotopic (exact) mass is 279 g/mol. The third-order valence-corrected chi connectivity index (χ3v) is 4.67. The lowest BCUT2D eigenvalue weighted by Crippen LogP contribution is -2.28. The highest BCUT2D eigenvalue weighted by atomic mass is 14.9. The normalized spacial score (nSPS) is 21.0. The predicted molar refractivity (Wildman–Crippen MR) is 90.9 cm³/mol. The average molecular weight is 279 g/mol. The van der Waals surface area contributed by atoms with Gasteiger partial charge in [-0.2, -0.15) is 0 Å². The molecule has 0 fully saturated rings. The van der Waals surface area contributed by atoms with Gasteiger partial charge in [-0.05, 0) is 46.9 Å². The van der Waals surface area contributed by atoms with Crippen molar-refractivity contribution in [3.63, 3.8) is 0 Å². The Morgan fingerprint density at radius 3 is 2.52 bits per heavy atom. The maximum absolute atomic E-state index is 3.59. The highest BCUT2D eigenvalue weighted by Gasteiger charge is 2.28. The Morgan fingerprint density at radius 2 is 1.81 bits per heavy atom. The van der Waals surface area contributed by atoms with Crippen molar-refractivity contribution in [2.45, 2.75) is 33.1 Å². The van der Waals surface area contributed by atoms with Crippen LogP contribution in [-0.2, 0) is 6.42 Å². The summed E-state index contributed by atoms with van der Waals surface area (Å²) < 4.78 is 0. The van der Waals surface area contributed by atoms with Gasteiger partial charge in [-0.15, -0.1) is 0 Å². The second-order valence-electron chi connectivity index (χ2n) is 6.71. The van der Waals surface area contributed by atoms with E-state index in [0.717, 1.165) is 13.0 Å². The van der Waals surface area contributed by atoms with E-state index in [-0.39, 0.29) is 0 Å². The molecule has 110 valence electrons. The van der Waals surface area contributed by atoms with Crippen LogP contribution >= 0.6 is 0 Å². The molecule has 0 aliphatic carbocycles. The largest absolute Gasteiger partial charge is 0.385 e. The number of hydrogen-bond acceptors (Lipinski definition) is 1. The number of anilines is 1. The second kappa shape index (κ2) is 5.93. The number of hydrogen-bond donors (Lipinski definition) is 1.